The number of hydrogen-bond acceptors (Lipinski definition) is 4. The van der Waals surface area contributed by atoms with Crippen LogP contribution in [0.5, 0.6) is 0 Å². The molecular weight excluding hydrogens is 310 g/mol. The summed E-state index contributed by atoms with van der Waals surface area (Å²) in [5.74, 6) is 0.0459. The van der Waals surface area contributed by atoms with Crippen LogP contribution in [0.1, 0.15) is 40.0 Å². The van der Waals surface area contributed by atoms with E-state index in [4.69, 9.17) is 9.84 Å². The third kappa shape index (κ3) is 5.08. The summed E-state index contributed by atoms with van der Waals surface area (Å²) in [6.45, 7) is 8.46. The first-order valence-electron chi connectivity index (χ1n) is 9.02. The smallest absolute Gasteiger partial charge is 0.317 e. The summed E-state index contributed by atoms with van der Waals surface area (Å²) in [5.41, 5.74) is 0. The zero-order valence-corrected chi connectivity index (χ0v) is 15.0. The quantitative estimate of drug-likeness (QED) is 0.619. The number of carboxylic acid groups (broad SMARTS) is 1. The zero-order chi connectivity index (χ0) is 17.7. The number of aliphatic carboxylic acids is 1. The summed E-state index contributed by atoms with van der Waals surface area (Å²) < 4.78 is 5.73. The average Bonchev–Trinajstić information content (AvgIpc) is 2.95. The predicted octanol–water partition coefficient (Wildman–Crippen LogP) is 1.28. The summed E-state index contributed by atoms with van der Waals surface area (Å²) in [5, 5.41) is 14.8. The van der Waals surface area contributed by atoms with Crippen LogP contribution < -0.4 is 10.6 Å². The number of carboxylic acids is 1. The molecule has 1 aliphatic heterocycles. The first-order chi connectivity index (χ1) is 11.4. The molecule has 0 aromatic heterocycles. The average molecular weight is 341 g/mol. The van der Waals surface area contributed by atoms with E-state index in [2.05, 4.69) is 24.5 Å². The number of carbonyl (C=O) groups is 2. The lowest BCUT2D eigenvalue weighted by atomic mass is 9.85. The van der Waals surface area contributed by atoms with Crippen LogP contribution in [0.3, 0.4) is 0 Å². The molecule has 1 saturated heterocycles. The van der Waals surface area contributed by atoms with E-state index in [-0.39, 0.29) is 30.8 Å². The van der Waals surface area contributed by atoms with E-state index in [1.807, 2.05) is 11.8 Å². The van der Waals surface area contributed by atoms with Crippen molar-refractivity contribution in [2.75, 3.05) is 26.2 Å². The number of nitrogens with zero attached hydrogens (tertiary/aromatic N) is 1. The second-order valence-corrected chi connectivity index (χ2v) is 7.26. The Morgan fingerprint density at radius 2 is 2.04 bits per heavy atom. The van der Waals surface area contributed by atoms with Crippen molar-refractivity contribution >= 4 is 12.0 Å². The molecule has 2 atom stereocenters. The number of nitrogens with one attached hydrogen (secondary N) is 2. The molecule has 1 aliphatic carbocycles. The van der Waals surface area contributed by atoms with Crippen molar-refractivity contribution in [2.24, 2.45) is 11.8 Å². The summed E-state index contributed by atoms with van der Waals surface area (Å²) in [7, 11) is 0. The Hall–Kier alpha value is -1.34. The molecular formula is C17H31N3O4. The highest BCUT2D eigenvalue weighted by Gasteiger charge is 2.35. The number of carbonyl (C=O) groups excluding carboxylic acids is 1. The second kappa shape index (κ2) is 8.67. The summed E-state index contributed by atoms with van der Waals surface area (Å²) in [4.78, 5) is 24.8. The molecule has 0 aromatic rings. The molecule has 2 fully saturated rings. The molecule has 0 unspecified atom stereocenters. The van der Waals surface area contributed by atoms with Crippen molar-refractivity contribution in [1.82, 2.24) is 15.5 Å². The van der Waals surface area contributed by atoms with Gasteiger partial charge in [-0.15, -0.1) is 0 Å². The lowest BCUT2D eigenvalue weighted by Crippen LogP contribution is -2.56. The van der Waals surface area contributed by atoms with Gasteiger partial charge in [-0.05, 0) is 31.7 Å². The number of hydrogen-bond donors (Lipinski definition) is 3. The van der Waals surface area contributed by atoms with Crippen molar-refractivity contribution in [3.63, 3.8) is 0 Å². The number of rotatable bonds is 8. The summed E-state index contributed by atoms with van der Waals surface area (Å²) >= 11 is 0. The Morgan fingerprint density at radius 1 is 1.33 bits per heavy atom. The van der Waals surface area contributed by atoms with Crippen molar-refractivity contribution in [3.05, 3.63) is 0 Å². The minimum absolute atomic E-state index is 0.0678. The maximum atomic E-state index is 12.0. The maximum absolute atomic E-state index is 12.0. The summed E-state index contributed by atoms with van der Waals surface area (Å²) in [6, 6.07) is 0.262. The minimum atomic E-state index is -0.801. The van der Waals surface area contributed by atoms with Gasteiger partial charge in [0.25, 0.3) is 0 Å². The van der Waals surface area contributed by atoms with Crippen LogP contribution in [-0.2, 0) is 9.53 Å². The van der Waals surface area contributed by atoms with Crippen LogP contribution >= 0.6 is 0 Å². The van der Waals surface area contributed by atoms with Crippen molar-refractivity contribution in [2.45, 2.75) is 58.2 Å². The Kier molecular flexibility index (Phi) is 6.86. The molecule has 1 heterocycles. The summed E-state index contributed by atoms with van der Waals surface area (Å²) in [6.07, 6.45) is 2.85. The highest BCUT2D eigenvalue weighted by Crippen LogP contribution is 2.27. The molecule has 7 nitrogen and oxygen atoms in total. The molecule has 0 radical (unpaired) electrons. The third-order valence-corrected chi connectivity index (χ3v) is 5.15. The van der Waals surface area contributed by atoms with E-state index in [0.717, 1.165) is 25.9 Å². The minimum Gasteiger partial charge on any atom is -0.480 e. The van der Waals surface area contributed by atoms with E-state index < -0.39 is 5.97 Å². The van der Waals surface area contributed by atoms with Gasteiger partial charge in [-0.25, -0.2) is 4.79 Å². The Labute approximate surface area is 144 Å². The van der Waals surface area contributed by atoms with Gasteiger partial charge in [0.1, 0.15) is 0 Å². The maximum Gasteiger partial charge on any atom is 0.317 e. The molecule has 24 heavy (non-hydrogen) atoms. The largest absolute Gasteiger partial charge is 0.480 e. The Morgan fingerprint density at radius 3 is 2.62 bits per heavy atom. The number of ether oxygens (including phenoxy) is 1. The SMILES string of the molecule is CCN(CC(=O)O)C1CC(NC(=O)NC[C@H]2CCO[C@@H]2C(C)C)C1. The lowest BCUT2D eigenvalue weighted by Gasteiger charge is -2.42. The van der Waals surface area contributed by atoms with Gasteiger partial charge in [-0.1, -0.05) is 20.8 Å². The van der Waals surface area contributed by atoms with Crippen LogP contribution in [0.15, 0.2) is 0 Å². The van der Waals surface area contributed by atoms with E-state index >= 15 is 0 Å². The number of amides is 2. The van der Waals surface area contributed by atoms with Crippen LogP contribution in [0.25, 0.3) is 0 Å². The van der Waals surface area contributed by atoms with Crippen LogP contribution in [0.2, 0.25) is 0 Å². The Bertz CT molecular complexity index is 438. The fourth-order valence-electron chi connectivity index (χ4n) is 3.75. The molecule has 0 spiro atoms. The monoisotopic (exact) mass is 341 g/mol. The van der Waals surface area contributed by atoms with Gasteiger partial charge in [0.05, 0.1) is 12.6 Å². The van der Waals surface area contributed by atoms with Gasteiger partial charge in [-0.2, -0.15) is 0 Å². The molecule has 0 bridgehead atoms. The van der Waals surface area contributed by atoms with Gasteiger partial charge in [0.15, 0.2) is 0 Å². The van der Waals surface area contributed by atoms with E-state index in [1.54, 1.807) is 0 Å². The van der Waals surface area contributed by atoms with Gasteiger partial charge >= 0.3 is 12.0 Å². The Balaban J connectivity index is 1.65. The molecule has 2 aliphatic rings. The first kappa shape index (κ1) is 19.0. The normalized spacial score (nSPS) is 29.5. The van der Waals surface area contributed by atoms with Crippen LogP contribution in [-0.4, -0.2) is 66.4 Å². The van der Waals surface area contributed by atoms with Crippen molar-refractivity contribution < 1.29 is 19.4 Å². The van der Waals surface area contributed by atoms with Crippen molar-refractivity contribution in [1.29, 1.82) is 0 Å². The van der Waals surface area contributed by atoms with Gasteiger partial charge < -0.3 is 20.5 Å². The van der Waals surface area contributed by atoms with Crippen LogP contribution in [0, 0.1) is 11.8 Å². The number of likely N-dealkylation sites (N-methyl/N-ethyl adjacent to an activating group) is 1. The third-order valence-electron chi connectivity index (χ3n) is 5.15. The molecule has 138 valence electrons. The fraction of sp³-hybridized carbons (Fsp3) is 0.882. The molecule has 3 N–H and O–H groups in total. The van der Waals surface area contributed by atoms with Gasteiger partial charge in [0, 0.05) is 31.2 Å². The lowest BCUT2D eigenvalue weighted by molar-refractivity contribution is -0.139. The highest BCUT2D eigenvalue weighted by atomic mass is 16.5. The van der Waals surface area contributed by atoms with Gasteiger partial charge in [0.2, 0.25) is 0 Å². The molecule has 1 saturated carbocycles. The topological polar surface area (TPSA) is 90.9 Å². The first-order valence-corrected chi connectivity index (χ1v) is 9.02. The standard InChI is InChI=1S/C17H31N3O4/c1-4-20(10-15(21)22)14-7-13(8-14)19-17(23)18-9-12-5-6-24-16(12)11(2)3/h11-14,16H,4-10H2,1-3H3,(H,21,22)(H2,18,19,23)/t12-,13?,14?,16-/m1/s1. The van der Waals surface area contributed by atoms with Gasteiger partial charge in [-0.3, -0.25) is 9.69 Å². The predicted molar refractivity (Wildman–Crippen MR) is 90.9 cm³/mol. The molecule has 2 rings (SSSR count). The number of urea groups is 1. The van der Waals surface area contributed by atoms with E-state index in [1.165, 1.54) is 0 Å². The zero-order valence-electron chi connectivity index (χ0n) is 15.0. The van der Waals surface area contributed by atoms with E-state index in [0.29, 0.717) is 24.9 Å². The fourth-order valence-corrected chi connectivity index (χ4v) is 3.75. The molecule has 7 heteroatoms. The molecule has 0 aromatic carbocycles. The second-order valence-electron chi connectivity index (χ2n) is 7.26. The molecule has 2 amide bonds. The highest BCUT2D eigenvalue weighted by molar-refractivity contribution is 5.74. The van der Waals surface area contributed by atoms with Crippen LogP contribution in [0.4, 0.5) is 4.79 Å². The van der Waals surface area contributed by atoms with Crippen molar-refractivity contribution in [3.8, 4) is 0 Å². The van der Waals surface area contributed by atoms with E-state index in [9.17, 15) is 9.59 Å².